The number of aldehydes is 1. The lowest BCUT2D eigenvalue weighted by atomic mass is 10.1. The summed E-state index contributed by atoms with van der Waals surface area (Å²) < 4.78 is 18.0. The highest BCUT2D eigenvalue weighted by atomic mass is 79.9. The predicted octanol–water partition coefficient (Wildman–Crippen LogP) is 3.79. The number of rotatable bonds is 3. The van der Waals surface area contributed by atoms with Crippen LogP contribution in [0.3, 0.4) is 0 Å². The van der Waals surface area contributed by atoms with Gasteiger partial charge in [-0.15, -0.1) is 0 Å². The lowest BCUT2D eigenvalue weighted by Gasteiger charge is -2.38. The van der Waals surface area contributed by atoms with E-state index in [1.807, 2.05) is 45.7 Å². The number of nitrogens with zero attached hydrogens (tertiary/aromatic N) is 5. The van der Waals surface area contributed by atoms with Gasteiger partial charge >= 0.3 is 0 Å². The molecule has 0 saturated carbocycles. The van der Waals surface area contributed by atoms with Gasteiger partial charge in [-0.1, -0.05) is 15.9 Å². The average molecular weight is 468 g/mol. The molecule has 0 N–H and O–H groups in total. The van der Waals surface area contributed by atoms with Crippen molar-refractivity contribution in [2.75, 3.05) is 31.6 Å². The van der Waals surface area contributed by atoms with E-state index in [4.69, 9.17) is 0 Å². The third-order valence-corrected chi connectivity index (χ3v) is 6.23. The maximum absolute atomic E-state index is 15.1. The van der Waals surface area contributed by atoms with Gasteiger partial charge in [0.25, 0.3) is 0 Å². The Hall–Kier alpha value is -2.84. The summed E-state index contributed by atoms with van der Waals surface area (Å²) in [5.74, 6) is -0.317. The fourth-order valence-electron chi connectivity index (χ4n) is 4.03. The number of aromatic nitrogens is 3. The van der Waals surface area contributed by atoms with Gasteiger partial charge in [-0.2, -0.15) is 0 Å². The Morgan fingerprint density at radius 3 is 2.80 bits per heavy atom. The van der Waals surface area contributed by atoms with Gasteiger partial charge in [0.2, 0.25) is 0 Å². The van der Waals surface area contributed by atoms with Crippen LogP contribution in [0.25, 0.3) is 27.6 Å². The van der Waals surface area contributed by atoms with Crippen molar-refractivity contribution >= 4 is 49.8 Å². The van der Waals surface area contributed by atoms with Crippen molar-refractivity contribution in [3.05, 3.63) is 59.2 Å². The van der Waals surface area contributed by atoms with Crippen LogP contribution in [0.15, 0.2) is 53.4 Å². The fourth-order valence-corrected chi connectivity index (χ4v) is 4.39. The van der Waals surface area contributed by atoms with Crippen LogP contribution in [0.2, 0.25) is 0 Å². The molecule has 0 bridgehead atoms. The number of pyridine rings is 1. The Kier molecular flexibility index (Phi) is 4.75. The molecule has 5 rings (SSSR count). The molecule has 6 nitrogen and oxygen atoms in total. The summed E-state index contributed by atoms with van der Waals surface area (Å²) in [7, 11) is 1.91. The van der Waals surface area contributed by atoms with Crippen LogP contribution in [-0.2, 0) is 4.79 Å². The van der Waals surface area contributed by atoms with E-state index in [0.717, 1.165) is 32.7 Å². The minimum absolute atomic E-state index is 0.229. The molecule has 0 aliphatic carbocycles. The second kappa shape index (κ2) is 7.45. The molecule has 4 aromatic rings. The second-order valence-corrected chi connectivity index (χ2v) is 8.45. The van der Waals surface area contributed by atoms with E-state index in [2.05, 4.69) is 25.9 Å². The van der Waals surface area contributed by atoms with Gasteiger partial charge in [0.15, 0.2) is 0 Å². The molecule has 3 heterocycles. The maximum atomic E-state index is 15.1. The van der Waals surface area contributed by atoms with Gasteiger partial charge in [-0.3, -0.25) is 14.5 Å². The van der Waals surface area contributed by atoms with Crippen molar-refractivity contribution in [1.82, 2.24) is 19.4 Å². The van der Waals surface area contributed by atoms with Gasteiger partial charge in [0.1, 0.15) is 23.9 Å². The molecule has 1 aliphatic rings. The Labute approximate surface area is 181 Å². The van der Waals surface area contributed by atoms with E-state index in [-0.39, 0.29) is 11.9 Å². The molecule has 0 spiro atoms. The number of piperazine rings is 1. The number of benzene rings is 2. The highest BCUT2D eigenvalue weighted by Crippen LogP contribution is 2.30. The standard InChI is InChI=1S/C22H19BrFN5O/c1-27-6-7-28(11-16(27)12-30)21-5-3-15(9-18(21)24)29-13-26-20-10-25-19-4-2-14(23)8-17(19)22(20)29/h2-5,8-10,12-13,16H,6-7,11H2,1H3. The first-order valence-corrected chi connectivity index (χ1v) is 10.5. The molecule has 30 heavy (non-hydrogen) atoms. The summed E-state index contributed by atoms with van der Waals surface area (Å²) in [5.41, 5.74) is 3.68. The molecule has 1 unspecified atom stereocenters. The number of hydrogen-bond donors (Lipinski definition) is 0. The van der Waals surface area contributed by atoms with Crippen LogP contribution in [0.1, 0.15) is 0 Å². The number of carbonyl (C=O) groups excluding carboxylic acids is 1. The molecule has 2 aromatic carbocycles. The maximum Gasteiger partial charge on any atom is 0.148 e. The van der Waals surface area contributed by atoms with Crippen molar-refractivity contribution in [1.29, 1.82) is 0 Å². The zero-order chi connectivity index (χ0) is 20.8. The molecule has 1 fully saturated rings. The van der Waals surface area contributed by atoms with Crippen LogP contribution in [0, 0.1) is 5.82 Å². The van der Waals surface area contributed by atoms with Crippen molar-refractivity contribution in [2.24, 2.45) is 0 Å². The minimum atomic E-state index is -0.317. The SMILES string of the molecule is CN1CCN(c2ccc(-n3cnc4cnc5ccc(Br)cc5c43)cc2F)CC1C=O. The molecule has 152 valence electrons. The number of fused-ring (bicyclic) bond motifs is 3. The van der Waals surface area contributed by atoms with E-state index < -0.39 is 0 Å². The summed E-state index contributed by atoms with van der Waals surface area (Å²) in [6, 6.07) is 10.8. The van der Waals surface area contributed by atoms with Crippen LogP contribution in [0.5, 0.6) is 0 Å². The highest BCUT2D eigenvalue weighted by Gasteiger charge is 2.25. The summed E-state index contributed by atoms with van der Waals surface area (Å²) in [5, 5.41) is 0.941. The number of likely N-dealkylation sites (N-methyl/N-ethyl adjacent to an activating group) is 1. The predicted molar refractivity (Wildman–Crippen MR) is 119 cm³/mol. The summed E-state index contributed by atoms with van der Waals surface area (Å²) in [6.45, 7) is 1.87. The molecular formula is C22H19BrFN5O. The summed E-state index contributed by atoms with van der Waals surface area (Å²) in [6.07, 6.45) is 4.35. The largest absolute Gasteiger partial charge is 0.366 e. The van der Waals surface area contributed by atoms with Crippen molar-refractivity contribution < 1.29 is 9.18 Å². The first kappa shape index (κ1) is 19.1. The number of hydrogen-bond acceptors (Lipinski definition) is 5. The van der Waals surface area contributed by atoms with E-state index >= 15 is 4.39 Å². The Morgan fingerprint density at radius 1 is 1.13 bits per heavy atom. The van der Waals surface area contributed by atoms with E-state index in [1.54, 1.807) is 18.6 Å². The first-order chi connectivity index (χ1) is 14.5. The highest BCUT2D eigenvalue weighted by molar-refractivity contribution is 9.10. The van der Waals surface area contributed by atoms with Gasteiger partial charge in [0, 0.05) is 35.6 Å². The average Bonchev–Trinajstić information content (AvgIpc) is 3.19. The number of halogens is 2. The van der Waals surface area contributed by atoms with Crippen LogP contribution in [0.4, 0.5) is 10.1 Å². The molecule has 0 amide bonds. The van der Waals surface area contributed by atoms with Gasteiger partial charge in [-0.25, -0.2) is 9.37 Å². The molecule has 0 radical (unpaired) electrons. The molecule has 2 aromatic heterocycles. The van der Waals surface area contributed by atoms with Crippen molar-refractivity contribution in [3.63, 3.8) is 0 Å². The quantitative estimate of drug-likeness (QED) is 0.429. The Balaban J connectivity index is 1.57. The third kappa shape index (κ3) is 3.16. The zero-order valence-electron chi connectivity index (χ0n) is 16.3. The lowest BCUT2D eigenvalue weighted by Crippen LogP contribution is -2.52. The smallest absolute Gasteiger partial charge is 0.148 e. The van der Waals surface area contributed by atoms with Crippen molar-refractivity contribution in [3.8, 4) is 5.69 Å². The van der Waals surface area contributed by atoms with Crippen LogP contribution < -0.4 is 4.90 Å². The van der Waals surface area contributed by atoms with Gasteiger partial charge in [-0.05, 0) is 37.4 Å². The molecule has 1 aliphatic heterocycles. The molecule has 1 atom stereocenters. The third-order valence-electron chi connectivity index (χ3n) is 5.74. The van der Waals surface area contributed by atoms with E-state index in [0.29, 0.717) is 31.0 Å². The zero-order valence-corrected chi connectivity index (χ0v) is 17.9. The monoisotopic (exact) mass is 467 g/mol. The molecule has 1 saturated heterocycles. The normalized spacial score (nSPS) is 17.7. The fraction of sp³-hybridized carbons (Fsp3) is 0.227. The first-order valence-electron chi connectivity index (χ1n) is 9.67. The number of imidazole rings is 1. The number of anilines is 1. The van der Waals surface area contributed by atoms with E-state index in [9.17, 15) is 4.79 Å². The van der Waals surface area contributed by atoms with Crippen molar-refractivity contribution in [2.45, 2.75) is 6.04 Å². The molecule has 8 heteroatoms. The summed E-state index contributed by atoms with van der Waals surface area (Å²) in [4.78, 5) is 24.2. The molecular weight excluding hydrogens is 449 g/mol. The lowest BCUT2D eigenvalue weighted by molar-refractivity contribution is -0.112. The van der Waals surface area contributed by atoms with E-state index in [1.165, 1.54) is 6.07 Å². The minimum Gasteiger partial charge on any atom is -0.366 e. The Morgan fingerprint density at radius 2 is 2.00 bits per heavy atom. The number of carbonyl (C=O) groups is 1. The Bertz CT molecular complexity index is 1270. The second-order valence-electron chi connectivity index (χ2n) is 7.53. The van der Waals surface area contributed by atoms with Crippen LogP contribution in [-0.4, -0.2) is 58.4 Å². The van der Waals surface area contributed by atoms with Gasteiger partial charge in [0.05, 0.1) is 34.6 Å². The van der Waals surface area contributed by atoms with Crippen LogP contribution >= 0.6 is 15.9 Å². The van der Waals surface area contributed by atoms with Gasteiger partial charge < -0.3 is 9.69 Å². The topological polar surface area (TPSA) is 54.3 Å². The summed E-state index contributed by atoms with van der Waals surface area (Å²) >= 11 is 3.52.